The Balaban J connectivity index is 2.23. The first-order valence-electron chi connectivity index (χ1n) is 6.53. The molecule has 0 unspecified atom stereocenters. The van der Waals surface area contributed by atoms with E-state index in [1.54, 1.807) is 0 Å². The maximum absolute atomic E-state index is 13.9. The third kappa shape index (κ3) is 2.51. The predicted octanol–water partition coefficient (Wildman–Crippen LogP) is 3.04. The van der Waals surface area contributed by atoms with Gasteiger partial charge in [0.2, 0.25) is 0 Å². The first-order chi connectivity index (χ1) is 9.38. The van der Waals surface area contributed by atoms with Gasteiger partial charge in [0.05, 0.1) is 11.5 Å². The second-order valence-corrected chi connectivity index (χ2v) is 5.52. The SMILES string of the molecule is Cc1ccc(F)c(C(=O)N2CCC(C)(C#N)CC2)c1F. The fourth-order valence-electron chi connectivity index (χ4n) is 2.33. The normalized spacial score (nSPS) is 17.6. The lowest BCUT2D eigenvalue weighted by atomic mass is 9.82. The number of hydrogen-bond donors (Lipinski definition) is 0. The largest absolute Gasteiger partial charge is 0.338 e. The van der Waals surface area contributed by atoms with E-state index in [4.69, 9.17) is 5.26 Å². The third-order valence-electron chi connectivity index (χ3n) is 3.92. The summed E-state index contributed by atoms with van der Waals surface area (Å²) in [5.41, 5.74) is -0.709. The van der Waals surface area contributed by atoms with Crippen molar-refractivity contribution < 1.29 is 13.6 Å². The van der Waals surface area contributed by atoms with E-state index >= 15 is 0 Å². The minimum atomic E-state index is -0.841. The van der Waals surface area contributed by atoms with Crippen molar-refractivity contribution in [1.82, 2.24) is 4.90 Å². The molecule has 20 heavy (non-hydrogen) atoms. The highest BCUT2D eigenvalue weighted by Crippen LogP contribution is 2.31. The second-order valence-electron chi connectivity index (χ2n) is 5.52. The van der Waals surface area contributed by atoms with Gasteiger partial charge in [-0.3, -0.25) is 4.79 Å². The molecule has 3 nitrogen and oxygen atoms in total. The molecule has 0 N–H and O–H groups in total. The minimum Gasteiger partial charge on any atom is -0.338 e. The monoisotopic (exact) mass is 278 g/mol. The first-order valence-corrected chi connectivity index (χ1v) is 6.53. The molecule has 0 atom stereocenters. The van der Waals surface area contributed by atoms with E-state index in [2.05, 4.69) is 6.07 Å². The highest BCUT2D eigenvalue weighted by Gasteiger charge is 2.33. The lowest BCUT2D eigenvalue weighted by Crippen LogP contribution is -2.42. The first kappa shape index (κ1) is 14.4. The van der Waals surface area contributed by atoms with E-state index in [0.717, 1.165) is 6.07 Å². The summed E-state index contributed by atoms with van der Waals surface area (Å²) in [4.78, 5) is 13.7. The molecular weight excluding hydrogens is 262 g/mol. The van der Waals surface area contributed by atoms with Crippen LogP contribution < -0.4 is 0 Å². The molecule has 2 rings (SSSR count). The van der Waals surface area contributed by atoms with Crippen molar-refractivity contribution in [3.63, 3.8) is 0 Å². The van der Waals surface area contributed by atoms with Gasteiger partial charge in [-0.25, -0.2) is 8.78 Å². The van der Waals surface area contributed by atoms with Crippen LogP contribution >= 0.6 is 0 Å². The van der Waals surface area contributed by atoms with Crippen molar-refractivity contribution >= 4 is 5.91 Å². The van der Waals surface area contributed by atoms with Crippen molar-refractivity contribution in [2.24, 2.45) is 5.41 Å². The highest BCUT2D eigenvalue weighted by atomic mass is 19.1. The summed E-state index contributed by atoms with van der Waals surface area (Å²) in [6.45, 7) is 4.02. The zero-order valence-corrected chi connectivity index (χ0v) is 11.5. The number of piperidine rings is 1. The molecule has 1 heterocycles. The van der Waals surface area contributed by atoms with Crippen LogP contribution in [0.5, 0.6) is 0 Å². The standard InChI is InChI=1S/C15H16F2N2O/c1-10-3-4-11(16)12(13(10)17)14(20)19-7-5-15(2,9-18)6-8-19/h3-4H,5-8H2,1-2H3. The fraction of sp³-hybridized carbons (Fsp3) is 0.467. The minimum absolute atomic E-state index is 0.244. The molecule has 1 fully saturated rings. The molecule has 0 aliphatic carbocycles. The average molecular weight is 278 g/mol. The Morgan fingerprint density at radius 2 is 1.95 bits per heavy atom. The molecule has 0 radical (unpaired) electrons. The molecule has 5 heteroatoms. The lowest BCUT2D eigenvalue weighted by molar-refractivity contribution is 0.0651. The van der Waals surface area contributed by atoms with Gasteiger partial charge >= 0.3 is 0 Å². The topological polar surface area (TPSA) is 44.1 Å². The van der Waals surface area contributed by atoms with Gasteiger partial charge in [-0.1, -0.05) is 6.07 Å². The molecule has 106 valence electrons. The van der Waals surface area contributed by atoms with Crippen molar-refractivity contribution in [3.8, 4) is 6.07 Å². The molecule has 1 saturated heterocycles. The molecule has 1 aromatic rings. The van der Waals surface area contributed by atoms with E-state index in [0.29, 0.717) is 25.9 Å². The zero-order chi connectivity index (χ0) is 14.9. The van der Waals surface area contributed by atoms with Crippen LogP contribution in [-0.2, 0) is 0 Å². The number of rotatable bonds is 1. The smallest absolute Gasteiger partial charge is 0.259 e. The average Bonchev–Trinajstić information content (AvgIpc) is 2.44. The lowest BCUT2D eigenvalue weighted by Gasteiger charge is -2.35. The summed E-state index contributed by atoms with van der Waals surface area (Å²) in [7, 11) is 0. The molecule has 0 bridgehead atoms. The van der Waals surface area contributed by atoms with Crippen LogP contribution in [0.25, 0.3) is 0 Å². The van der Waals surface area contributed by atoms with Crippen molar-refractivity contribution in [1.29, 1.82) is 5.26 Å². The molecule has 0 saturated carbocycles. The van der Waals surface area contributed by atoms with Crippen molar-refractivity contribution in [2.45, 2.75) is 26.7 Å². The molecule has 0 spiro atoms. The number of amides is 1. The molecule has 1 aromatic carbocycles. The number of benzene rings is 1. The van der Waals surface area contributed by atoms with Gasteiger partial charge in [0.15, 0.2) is 0 Å². The van der Waals surface area contributed by atoms with Crippen LogP contribution in [0.15, 0.2) is 12.1 Å². The number of nitriles is 1. The van der Waals surface area contributed by atoms with Crippen LogP contribution in [-0.4, -0.2) is 23.9 Å². The third-order valence-corrected chi connectivity index (χ3v) is 3.92. The van der Waals surface area contributed by atoms with Gasteiger partial charge in [-0.2, -0.15) is 5.26 Å². The number of aryl methyl sites for hydroxylation is 1. The van der Waals surface area contributed by atoms with Crippen LogP contribution in [0.1, 0.15) is 35.7 Å². The zero-order valence-electron chi connectivity index (χ0n) is 11.5. The van der Waals surface area contributed by atoms with E-state index < -0.39 is 28.5 Å². The summed E-state index contributed by atoms with van der Waals surface area (Å²) in [6, 6.07) is 4.64. The Kier molecular flexibility index (Phi) is 3.76. The van der Waals surface area contributed by atoms with Gasteiger partial charge in [-0.05, 0) is 38.3 Å². The quantitative estimate of drug-likeness (QED) is 0.792. The van der Waals surface area contributed by atoms with E-state index in [1.165, 1.54) is 17.9 Å². The maximum Gasteiger partial charge on any atom is 0.259 e. The number of nitrogens with zero attached hydrogens (tertiary/aromatic N) is 2. The Hall–Kier alpha value is -1.96. The van der Waals surface area contributed by atoms with Crippen molar-refractivity contribution in [3.05, 3.63) is 34.9 Å². The van der Waals surface area contributed by atoms with Crippen LogP contribution in [0.2, 0.25) is 0 Å². The molecule has 1 aliphatic heterocycles. The highest BCUT2D eigenvalue weighted by molar-refractivity contribution is 5.95. The molecule has 1 aliphatic rings. The number of likely N-dealkylation sites (tertiary alicyclic amines) is 1. The van der Waals surface area contributed by atoms with Crippen molar-refractivity contribution in [2.75, 3.05) is 13.1 Å². The maximum atomic E-state index is 13.9. The summed E-state index contributed by atoms with van der Waals surface area (Å²) >= 11 is 0. The predicted molar refractivity (Wildman–Crippen MR) is 70.0 cm³/mol. The molecular formula is C15H16F2N2O. The number of carbonyl (C=O) groups excluding carboxylic acids is 1. The van der Waals surface area contributed by atoms with Gasteiger partial charge < -0.3 is 4.90 Å². The Bertz CT molecular complexity index is 584. The summed E-state index contributed by atoms with van der Waals surface area (Å²) in [6.07, 6.45) is 1.04. The van der Waals surface area contributed by atoms with Gasteiger partial charge in [0.25, 0.3) is 5.91 Å². The van der Waals surface area contributed by atoms with Gasteiger partial charge in [-0.15, -0.1) is 0 Å². The molecule has 1 amide bonds. The fourth-order valence-corrected chi connectivity index (χ4v) is 2.33. The van der Waals surface area contributed by atoms with Crippen LogP contribution in [0.4, 0.5) is 8.78 Å². The summed E-state index contributed by atoms with van der Waals surface area (Å²) in [5, 5.41) is 9.04. The molecule has 0 aromatic heterocycles. The Morgan fingerprint density at radius 3 is 2.50 bits per heavy atom. The van der Waals surface area contributed by atoms with E-state index in [9.17, 15) is 13.6 Å². The summed E-state index contributed by atoms with van der Waals surface area (Å²) in [5.74, 6) is -2.28. The number of hydrogen-bond acceptors (Lipinski definition) is 2. The number of halogens is 2. The van der Waals surface area contributed by atoms with E-state index in [1.807, 2.05) is 6.92 Å². The summed E-state index contributed by atoms with van der Waals surface area (Å²) < 4.78 is 27.7. The van der Waals surface area contributed by atoms with Gasteiger partial charge in [0, 0.05) is 13.1 Å². The van der Waals surface area contributed by atoms with E-state index in [-0.39, 0.29) is 5.56 Å². The van der Waals surface area contributed by atoms with Gasteiger partial charge in [0.1, 0.15) is 17.2 Å². The van der Waals surface area contributed by atoms with Crippen LogP contribution in [0, 0.1) is 35.3 Å². The Labute approximate surface area is 116 Å². The Morgan fingerprint density at radius 1 is 1.35 bits per heavy atom. The number of carbonyl (C=O) groups is 1. The van der Waals surface area contributed by atoms with Crippen LogP contribution in [0.3, 0.4) is 0 Å². The second kappa shape index (κ2) is 5.20.